The van der Waals surface area contributed by atoms with Crippen molar-refractivity contribution in [1.82, 2.24) is 4.57 Å². The summed E-state index contributed by atoms with van der Waals surface area (Å²) in [4.78, 5) is 38.9. The van der Waals surface area contributed by atoms with E-state index in [1.165, 1.54) is 6.26 Å². The summed E-state index contributed by atoms with van der Waals surface area (Å²) in [6.07, 6.45) is 2.83. The van der Waals surface area contributed by atoms with Crippen molar-refractivity contribution in [3.05, 3.63) is 88.7 Å². The molecule has 43 heavy (non-hydrogen) atoms. The zero-order chi connectivity index (χ0) is 30.3. The van der Waals surface area contributed by atoms with Gasteiger partial charge in [0.2, 0.25) is 0 Å². The Morgan fingerprint density at radius 3 is 2.28 bits per heavy atom. The number of aryl methyl sites for hydroxylation is 2. The van der Waals surface area contributed by atoms with Crippen LogP contribution in [0.5, 0.6) is 0 Å². The number of rotatable bonds is 14. The Labute approximate surface area is 258 Å². The molecule has 0 bridgehead atoms. The highest BCUT2D eigenvalue weighted by Crippen LogP contribution is 2.33. The van der Waals surface area contributed by atoms with Crippen LogP contribution in [0.3, 0.4) is 0 Å². The molecule has 0 saturated carbocycles. The standard InChI is InChI=1S/C33H32Cl2N2O6/c1-2-37-28-12-8-23(18-26(28)27-19-24(9-13-29(27)37)31-21-42-33(40)43-31)30(38)20-41-32(39)5-3-4-22-6-10-25(11-7-22)36(16-14-34)17-15-35/h6-13,18-19,21H,2-5,14-17,20H2,1H3. The maximum Gasteiger partial charge on any atom is 0.519 e. The molecule has 0 aliphatic rings. The van der Waals surface area contributed by atoms with Crippen LogP contribution in [-0.4, -0.2) is 47.8 Å². The second kappa shape index (κ2) is 14.0. The van der Waals surface area contributed by atoms with E-state index >= 15 is 0 Å². The van der Waals surface area contributed by atoms with Crippen LogP contribution in [0, 0.1) is 0 Å². The third-order valence-corrected chi connectivity index (χ3v) is 7.80. The summed E-state index contributed by atoms with van der Waals surface area (Å²) < 4.78 is 17.4. The first-order valence-electron chi connectivity index (χ1n) is 14.2. The lowest BCUT2D eigenvalue weighted by atomic mass is 10.0. The van der Waals surface area contributed by atoms with Crippen LogP contribution in [0.1, 0.15) is 35.7 Å². The van der Waals surface area contributed by atoms with Gasteiger partial charge in [-0.05, 0) is 73.9 Å². The molecule has 0 radical (unpaired) electrons. The van der Waals surface area contributed by atoms with Crippen molar-refractivity contribution in [3.63, 3.8) is 0 Å². The number of carbonyl (C=O) groups is 2. The maximum absolute atomic E-state index is 13.0. The van der Waals surface area contributed by atoms with Crippen LogP contribution in [-0.2, 0) is 22.5 Å². The van der Waals surface area contributed by atoms with Crippen molar-refractivity contribution in [2.75, 3.05) is 36.4 Å². The Morgan fingerprint density at radius 1 is 0.930 bits per heavy atom. The molecular formula is C33H32Cl2N2O6. The number of fused-ring (bicyclic) bond motifs is 3. The molecule has 0 spiro atoms. The van der Waals surface area contributed by atoms with Gasteiger partial charge in [0.25, 0.3) is 0 Å². The van der Waals surface area contributed by atoms with E-state index in [-0.39, 0.29) is 18.8 Å². The Kier molecular flexibility index (Phi) is 9.89. The van der Waals surface area contributed by atoms with Crippen molar-refractivity contribution in [2.45, 2.75) is 32.7 Å². The Hall–Kier alpha value is -4.01. The number of ether oxygens (including phenoxy) is 1. The number of carbonyl (C=O) groups excluding carboxylic acids is 2. The first kappa shape index (κ1) is 30.4. The molecule has 0 aliphatic heterocycles. The van der Waals surface area contributed by atoms with Crippen LogP contribution in [0.15, 0.2) is 80.6 Å². The van der Waals surface area contributed by atoms with Gasteiger partial charge in [0.15, 0.2) is 18.2 Å². The number of Topliss-reactive ketones (excluding diaryl/α,β-unsaturated/α-hetero) is 1. The highest BCUT2D eigenvalue weighted by atomic mass is 35.5. The first-order valence-corrected chi connectivity index (χ1v) is 15.3. The van der Waals surface area contributed by atoms with Crippen LogP contribution in [0.2, 0.25) is 0 Å². The SMILES string of the molecule is CCn1c2ccc(C(=O)COC(=O)CCCc3ccc(N(CCCl)CCCl)cc3)cc2c2cc(-c3coc(=O)o3)ccc21. The summed E-state index contributed by atoms with van der Waals surface area (Å²) in [7, 11) is 0. The van der Waals surface area contributed by atoms with E-state index in [1.807, 2.05) is 54.6 Å². The maximum atomic E-state index is 13.0. The number of aromatic nitrogens is 1. The Bertz CT molecular complexity index is 1780. The van der Waals surface area contributed by atoms with E-state index in [9.17, 15) is 14.4 Å². The third-order valence-electron chi connectivity index (χ3n) is 7.46. The van der Waals surface area contributed by atoms with E-state index in [1.54, 1.807) is 6.07 Å². The van der Waals surface area contributed by atoms with Gasteiger partial charge in [-0.1, -0.05) is 12.1 Å². The summed E-state index contributed by atoms with van der Waals surface area (Å²) >= 11 is 11.8. The van der Waals surface area contributed by atoms with Crippen molar-refractivity contribution >= 4 is 62.4 Å². The van der Waals surface area contributed by atoms with Gasteiger partial charge < -0.3 is 23.0 Å². The average Bonchev–Trinajstić information content (AvgIpc) is 3.60. The van der Waals surface area contributed by atoms with Crippen LogP contribution in [0.25, 0.3) is 33.1 Å². The number of nitrogens with zero attached hydrogens (tertiary/aromatic N) is 2. The molecule has 0 atom stereocenters. The fourth-order valence-corrected chi connectivity index (χ4v) is 5.73. The summed E-state index contributed by atoms with van der Waals surface area (Å²) in [5.74, 6) is -0.0747. The first-order chi connectivity index (χ1) is 20.9. The molecule has 2 heterocycles. The normalized spacial score (nSPS) is 11.3. The molecule has 224 valence electrons. The van der Waals surface area contributed by atoms with Crippen LogP contribution < -0.4 is 10.7 Å². The van der Waals surface area contributed by atoms with Crippen molar-refractivity contribution in [1.29, 1.82) is 0 Å². The molecule has 0 aliphatic carbocycles. The molecule has 0 amide bonds. The number of esters is 1. The summed E-state index contributed by atoms with van der Waals surface area (Å²) in [5.41, 5.74) is 5.27. The third kappa shape index (κ3) is 6.98. The molecule has 10 heteroatoms. The number of halogens is 2. The second-order valence-electron chi connectivity index (χ2n) is 10.1. The van der Waals surface area contributed by atoms with Crippen molar-refractivity contribution in [3.8, 4) is 11.3 Å². The minimum absolute atomic E-state index is 0.218. The molecule has 5 aromatic rings. The lowest BCUT2D eigenvalue weighted by Crippen LogP contribution is -2.27. The zero-order valence-corrected chi connectivity index (χ0v) is 25.3. The predicted octanol–water partition coefficient (Wildman–Crippen LogP) is 7.06. The monoisotopic (exact) mass is 622 g/mol. The topological polar surface area (TPSA) is 94.9 Å². The quantitative estimate of drug-likeness (QED) is 0.0743. The number of hydrogen-bond donors (Lipinski definition) is 0. The molecule has 0 fully saturated rings. The van der Waals surface area contributed by atoms with Crippen molar-refractivity contribution < 1.29 is 23.2 Å². The number of benzene rings is 3. The van der Waals surface area contributed by atoms with Gasteiger partial charge in [-0.2, -0.15) is 0 Å². The lowest BCUT2D eigenvalue weighted by molar-refractivity contribution is -0.142. The van der Waals surface area contributed by atoms with Gasteiger partial charge in [-0.25, -0.2) is 4.79 Å². The summed E-state index contributed by atoms with van der Waals surface area (Å²) in [6.45, 7) is 3.91. The van der Waals surface area contributed by atoms with Crippen LogP contribution in [0.4, 0.5) is 5.69 Å². The predicted molar refractivity (Wildman–Crippen MR) is 170 cm³/mol. The van der Waals surface area contributed by atoms with Gasteiger partial charge >= 0.3 is 11.8 Å². The highest BCUT2D eigenvalue weighted by molar-refractivity contribution is 6.18. The molecule has 3 aromatic carbocycles. The second-order valence-corrected chi connectivity index (χ2v) is 10.9. The van der Waals surface area contributed by atoms with E-state index in [4.69, 9.17) is 36.8 Å². The molecule has 8 nitrogen and oxygen atoms in total. The fourth-order valence-electron chi connectivity index (χ4n) is 5.32. The van der Waals surface area contributed by atoms with Gasteiger partial charge in [-0.15, -0.1) is 23.2 Å². The largest absolute Gasteiger partial charge is 0.519 e. The van der Waals surface area contributed by atoms with Crippen LogP contribution >= 0.6 is 23.2 Å². The fraction of sp³-hybridized carbons (Fsp3) is 0.303. The van der Waals surface area contributed by atoms with Gasteiger partial charge in [-0.3, -0.25) is 9.59 Å². The number of ketones is 1. The molecule has 5 rings (SSSR count). The summed E-state index contributed by atoms with van der Waals surface area (Å²) in [5, 5.41) is 1.78. The van der Waals surface area contributed by atoms with E-state index in [0.29, 0.717) is 35.1 Å². The molecule has 0 N–H and O–H groups in total. The average molecular weight is 624 g/mol. The number of hydrogen-bond acceptors (Lipinski definition) is 7. The van der Waals surface area contributed by atoms with E-state index in [0.717, 1.165) is 59.1 Å². The molecule has 0 saturated heterocycles. The minimum atomic E-state index is -0.768. The molecular weight excluding hydrogens is 591 g/mol. The highest BCUT2D eigenvalue weighted by Gasteiger charge is 2.16. The summed E-state index contributed by atoms with van der Waals surface area (Å²) in [6, 6.07) is 19.4. The zero-order valence-electron chi connectivity index (χ0n) is 23.8. The van der Waals surface area contributed by atoms with E-state index in [2.05, 4.69) is 16.4 Å². The van der Waals surface area contributed by atoms with E-state index < -0.39 is 11.8 Å². The Morgan fingerprint density at radius 2 is 1.63 bits per heavy atom. The minimum Gasteiger partial charge on any atom is -0.457 e. The number of anilines is 1. The number of alkyl halides is 2. The lowest BCUT2D eigenvalue weighted by Gasteiger charge is -2.23. The van der Waals surface area contributed by atoms with Crippen molar-refractivity contribution in [2.24, 2.45) is 0 Å². The molecule has 2 aromatic heterocycles. The van der Waals surface area contributed by atoms with Gasteiger partial charge in [0, 0.05) is 76.4 Å². The molecule has 0 unspecified atom stereocenters. The smallest absolute Gasteiger partial charge is 0.457 e. The Balaban J connectivity index is 1.20. The van der Waals surface area contributed by atoms with Gasteiger partial charge in [0.1, 0.15) is 6.26 Å². The van der Waals surface area contributed by atoms with Gasteiger partial charge in [0.05, 0.1) is 0 Å².